The van der Waals surface area contributed by atoms with E-state index < -0.39 is 0 Å². The topological polar surface area (TPSA) is 61.4 Å². The minimum absolute atomic E-state index is 0.0307. The van der Waals surface area contributed by atoms with Gasteiger partial charge in [-0.2, -0.15) is 0 Å². The maximum Gasteiger partial charge on any atom is 0.274 e. The molecule has 0 saturated carbocycles. The van der Waals surface area contributed by atoms with E-state index in [1.54, 1.807) is 12.1 Å². The summed E-state index contributed by atoms with van der Waals surface area (Å²) in [5, 5.41) is 11.3. The molecular formula is C17H21N5O. The number of nitrogens with zero attached hydrogens (tertiary/aromatic N) is 4. The van der Waals surface area contributed by atoms with Crippen LogP contribution in [0.5, 0.6) is 0 Å². The lowest BCUT2D eigenvalue weighted by molar-refractivity contribution is 0.0786. The predicted molar refractivity (Wildman–Crippen MR) is 91.2 cm³/mol. The van der Waals surface area contributed by atoms with Crippen molar-refractivity contribution in [3.63, 3.8) is 0 Å². The second-order valence-electron chi connectivity index (χ2n) is 5.87. The first-order valence-electron chi connectivity index (χ1n) is 7.81. The van der Waals surface area contributed by atoms with Crippen LogP contribution in [-0.4, -0.2) is 48.2 Å². The molecule has 1 saturated heterocycles. The summed E-state index contributed by atoms with van der Waals surface area (Å²) in [6, 6.07) is 11.5. The molecule has 1 aliphatic rings. The Morgan fingerprint density at radius 3 is 2.30 bits per heavy atom. The quantitative estimate of drug-likeness (QED) is 0.940. The molecule has 1 fully saturated rings. The molecule has 0 radical (unpaired) electrons. The lowest BCUT2D eigenvalue weighted by atomic mass is 10.2. The number of hydrogen-bond donors (Lipinski definition) is 1. The van der Waals surface area contributed by atoms with Crippen molar-refractivity contribution in [2.45, 2.75) is 12.8 Å². The van der Waals surface area contributed by atoms with Crippen LogP contribution in [0.25, 0.3) is 0 Å². The first kappa shape index (κ1) is 15.3. The van der Waals surface area contributed by atoms with E-state index in [1.165, 1.54) is 0 Å². The summed E-state index contributed by atoms with van der Waals surface area (Å²) in [6.45, 7) is 1.64. The summed E-state index contributed by atoms with van der Waals surface area (Å²) >= 11 is 0. The summed E-state index contributed by atoms with van der Waals surface area (Å²) in [5.74, 6) is 0.595. The Kier molecular flexibility index (Phi) is 4.41. The fourth-order valence-electron chi connectivity index (χ4n) is 2.59. The molecule has 120 valence electrons. The van der Waals surface area contributed by atoms with Gasteiger partial charge in [0.05, 0.1) is 0 Å². The second kappa shape index (κ2) is 6.64. The molecule has 0 aliphatic carbocycles. The molecule has 0 spiro atoms. The molecule has 6 nitrogen and oxygen atoms in total. The normalized spacial score (nSPS) is 13.9. The first-order valence-corrected chi connectivity index (χ1v) is 7.81. The van der Waals surface area contributed by atoms with Crippen LogP contribution in [0.4, 0.5) is 17.2 Å². The zero-order valence-corrected chi connectivity index (χ0v) is 13.5. The molecule has 23 heavy (non-hydrogen) atoms. The second-order valence-corrected chi connectivity index (χ2v) is 5.87. The number of carbonyl (C=O) groups excluding carboxylic acids is 1. The number of aromatic nitrogens is 2. The molecule has 1 aromatic heterocycles. The van der Waals surface area contributed by atoms with Gasteiger partial charge in [-0.15, -0.1) is 10.2 Å². The third-order valence-corrected chi connectivity index (χ3v) is 3.93. The lowest BCUT2D eigenvalue weighted by Crippen LogP contribution is -2.28. The largest absolute Gasteiger partial charge is 0.378 e. The van der Waals surface area contributed by atoms with Crippen molar-refractivity contribution in [3.8, 4) is 0 Å². The Morgan fingerprint density at radius 2 is 1.74 bits per heavy atom. The molecule has 1 amide bonds. The van der Waals surface area contributed by atoms with Crippen molar-refractivity contribution in [2.75, 3.05) is 37.4 Å². The van der Waals surface area contributed by atoms with E-state index >= 15 is 0 Å². The van der Waals surface area contributed by atoms with Crippen LogP contribution in [0.3, 0.4) is 0 Å². The Morgan fingerprint density at radius 1 is 1.04 bits per heavy atom. The zero-order chi connectivity index (χ0) is 16.2. The molecule has 6 heteroatoms. The van der Waals surface area contributed by atoms with Crippen LogP contribution in [0.15, 0.2) is 36.4 Å². The SMILES string of the molecule is CN(C)c1ccc(Nc2ccc(C(=O)N3CCCC3)nn2)cc1. The van der Waals surface area contributed by atoms with Crippen molar-refractivity contribution in [2.24, 2.45) is 0 Å². The molecule has 3 rings (SSSR count). The van der Waals surface area contributed by atoms with Crippen molar-refractivity contribution in [1.29, 1.82) is 0 Å². The number of hydrogen-bond acceptors (Lipinski definition) is 5. The Balaban J connectivity index is 1.66. The average molecular weight is 311 g/mol. The number of benzene rings is 1. The van der Waals surface area contributed by atoms with Gasteiger partial charge in [-0.1, -0.05) is 0 Å². The fourth-order valence-corrected chi connectivity index (χ4v) is 2.59. The minimum Gasteiger partial charge on any atom is -0.378 e. The van der Waals surface area contributed by atoms with Gasteiger partial charge in [0, 0.05) is 38.6 Å². The van der Waals surface area contributed by atoms with Crippen LogP contribution in [0, 0.1) is 0 Å². The van der Waals surface area contributed by atoms with Gasteiger partial charge in [0.2, 0.25) is 0 Å². The highest BCUT2D eigenvalue weighted by Gasteiger charge is 2.20. The predicted octanol–water partition coefficient (Wildman–Crippen LogP) is 2.52. The van der Waals surface area contributed by atoms with Crippen LogP contribution < -0.4 is 10.2 Å². The smallest absolute Gasteiger partial charge is 0.274 e. The Hall–Kier alpha value is -2.63. The van der Waals surface area contributed by atoms with Crippen LogP contribution in [-0.2, 0) is 0 Å². The highest BCUT2D eigenvalue weighted by atomic mass is 16.2. The molecule has 1 aromatic carbocycles. The van der Waals surface area contributed by atoms with Crippen LogP contribution in [0.2, 0.25) is 0 Å². The summed E-state index contributed by atoms with van der Waals surface area (Å²) in [6.07, 6.45) is 2.14. The van der Waals surface area contributed by atoms with Crippen LogP contribution >= 0.6 is 0 Å². The van der Waals surface area contributed by atoms with Gasteiger partial charge < -0.3 is 15.1 Å². The van der Waals surface area contributed by atoms with Gasteiger partial charge >= 0.3 is 0 Å². The van der Waals surface area contributed by atoms with Crippen LogP contribution in [0.1, 0.15) is 23.3 Å². The average Bonchev–Trinajstić information content (AvgIpc) is 3.10. The Bertz CT molecular complexity index is 660. The highest BCUT2D eigenvalue weighted by Crippen LogP contribution is 2.19. The molecule has 2 heterocycles. The molecule has 0 atom stereocenters. The van der Waals surface area contributed by atoms with Crippen molar-refractivity contribution in [1.82, 2.24) is 15.1 Å². The molecule has 0 unspecified atom stereocenters. The minimum atomic E-state index is -0.0307. The van der Waals surface area contributed by atoms with Gasteiger partial charge in [0.15, 0.2) is 11.5 Å². The van der Waals surface area contributed by atoms with Crippen molar-refractivity contribution < 1.29 is 4.79 Å². The monoisotopic (exact) mass is 311 g/mol. The number of amides is 1. The fraction of sp³-hybridized carbons (Fsp3) is 0.353. The van der Waals surface area contributed by atoms with Gasteiger partial charge in [-0.05, 0) is 49.2 Å². The first-order chi connectivity index (χ1) is 11.1. The number of nitrogens with one attached hydrogen (secondary N) is 1. The van der Waals surface area contributed by atoms with E-state index in [-0.39, 0.29) is 5.91 Å². The molecule has 2 aromatic rings. The summed E-state index contributed by atoms with van der Waals surface area (Å²) < 4.78 is 0. The third-order valence-electron chi connectivity index (χ3n) is 3.93. The zero-order valence-electron chi connectivity index (χ0n) is 13.5. The number of carbonyl (C=O) groups is 1. The number of rotatable bonds is 4. The third kappa shape index (κ3) is 3.59. The van der Waals surface area contributed by atoms with Gasteiger partial charge in [-0.3, -0.25) is 4.79 Å². The molecule has 1 N–H and O–H groups in total. The maximum atomic E-state index is 12.2. The maximum absolute atomic E-state index is 12.2. The lowest BCUT2D eigenvalue weighted by Gasteiger charge is -2.14. The van der Waals surface area contributed by atoms with Gasteiger partial charge in [-0.25, -0.2) is 0 Å². The summed E-state index contributed by atoms with van der Waals surface area (Å²) in [5.41, 5.74) is 2.47. The van der Waals surface area contributed by atoms with Crippen molar-refractivity contribution >= 4 is 23.1 Å². The van der Waals surface area contributed by atoms with E-state index in [4.69, 9.17) is 0 Å². The van der Waals surface area contributed by atoms with E-state index in [9.17, 15) is 4.79 Å². The van der Waals surface area contributed by atoms with E-state index in [0.717, 1.165) is 37.3 Å². The van der Waals surface area contributed by atoms with E-state index in [0.29, 0.717) is 11.5 Å². The molecule has 0 bridgehead atoms. The standard InChI is InChI=1S/C17H21N5O/c1-21(2)14-7-5-13(6-8-14)18-16-10-9-15(19-20-16)17(23)22-11-3-4-12-22/h5-10H,3-4,11-12H2,1-2H3,(H,18,20). The number of anilines is 3. The summed E-state index contributed by atoms with van der Waals surface area (Å²) in [4.78, 5) is 16.1. The van der Waals surface area contributed by atoms with E-state index in [2.05, 4.69) is 15.5 Å². The van der Waals surface area contributed by atoms with Gasteiger partial charge in [0.25, 0.3) is 5.91 Å². The summed E-state index contributed by atoms with van der Waals surface area (Å²) in [7, 11) is 4.01. The molecule has 1 aliphatic heterocycles. The highest BCUT2D eigenvalue weighted by molar-refractivity contribution is 5.92. The van der Waals surface area contributed by atoms with Gasteiger partial charge in [0.1, 0.15) is 0 Å². The van der Waals surface area contributed by atoms with E-state index in [1.807, 2.05) is 48.2 Å². The molecular weight excluding hydrogens is 290 g/mol. The number of likely N-dealkylation sites (tertiary alicyclic amines) is 1. The van der Waals surface area contributed by atoms with Crippen molar-refractivity contribution in [3.05, 3.63) is 42.1 Å². The Labute approximate surface area is 136 Å².